The molecule has 1 heterocycles. The second-order valence-corrected chi connectivity index (χ2v) is 6.81. The standard InChI is InChI=1S/C14H27N/c1-11-7-6-8-15(5)10-14(11)12(2)9-13(14,3)4/h11-12H,6-10H2,1-5H3/t11-,12+,14?/m1/s1. The molecule has 1 saturated carbocycles. The number of hydrogen-bond acceptors (Lipinski definition) is 1. The van der Waals surface area contributed by atoms with Crippen molar-refractivity contribution < 1.29 is 0 Å². The van der Waals surface area contributed by atoms with Crippen LogP contribution < -0.4 is 0 Å². The largest absolute Gasteiger partial charge is 0.306 e. The molecule has 1 saturated heterocycles. The summed E-state index contributed by atoms with van der Waals surface area (Å²) in [6, 6.07) is 0. The highest BCUT2D eigenvalue weighted by Crippen LogP contribution is 2.65. The normalized spacial score (nSPS) is 46.2. The number of hydrogen-bond donors (Lipinski definition) is 0. The van der Waals surface area contributed by atoms with Gasteiger partial charge in [-0.05, 0) is 55.5 Å². The number of likely N-dealkylation sites (tertiary alicyclic amines) is 1. The van der Waals surface area contributed by atoms with E-state index >= 15 is 0 Å². The van der Waals surface area contributed by atoms with E-state index in [4.69, 9.17) is 0 Å². The summed E-state index contributed by atoms with van der Waals surface area (Å²) in [4.78, 5) is 2.57. The van der Waals surface area contributed by atoms with Gasteiger partial charge in [0.25, 0.3) is 0 Å². The molecule has 1 nitrogen and oxygen atoms in total. The molecule has 0 amide bonds. The van der Waals surface area contributed by atoms with Crippen molar-refractivity contribution in [2.24, 2.45) is 22.7 Å². The number of rotatable bonds is 0. The van der Waals surface area contributed by atoms with Crippen LogP contribution in [0.15, 0.2) is 0 Å². The van der Waals surface area contributed by atoms with Crippen LogP contribution in [-0.4, -0.2) is 25.0 Å². The molecule has 1 spiro atoms. The van der Waals surface area contributed by atoms with Gasteiger partial charge in [0, 0.05) is 6.54 Å². The average Bonchev–Trinajstić information content (AvgIpc) is 2.27. The minimum atomic E-state index is 0.560. The van der Waals surface area contributed by atoms with Crippen LogP contribution in [0.5, 0.6) is 0 Å². The quantitative estimate of drug-likeness (QED) is 0.591. The van der Waals surface area contributed by atoms with Crippen LogP contribution in [0.3, 0.4) is 0 Å². The van der Waals surface area contributed by atoms with E-state index in [0.717, 1.165) is 11.8 Å². The lowest BCUT2D eigenvalue weighted by Gasteiger charge is -2.65. The highest BCUT2D eigenvalue weighted by molar-refractivity contribution is 5.10. The van der Waals surface area contributed by atoms with Crippen molar-refractivity contribution in [1.82, 2.24) is 4.90 Å². The molecule has 0 radical (unpaired) electrons. The summed E-state index contributed by atoms with van der Waals surface area (Å²) in [7, 11) is 2.31. The van der Waals surface area contributed by atoms with Gasteiger partial charge >= 0.3 is 0 Å². The first kappa shape index (κ1) is 11.4. The van der Waals surface area contributed by atoms with Crippen LogP contribution in [0.1, 0.15) is 47.0 Å². The first-order chi connectivity index (χ1) is 6.90. The zero-order chi connectivity index (χ0) is 11.3. The molecule has 2 fully saturated rings. The van der Waals surface area contributed by atoms with E-state index in [1.165, 1.54) is 32.4 Å². The van der Waals surface area contributed by atoms with E-state index in [2.05, 4.69) is 39.6 Å². The third-order valence-corrected chi connectivity index (χ3v) is 5.54. The van der Waals surface area contributed by atoms with Gasteiger partial charge in [-0.3, -0.25) is 0 Å². The molecule has 1 aliphatic carbocycles. The van der Waals surface area contributed by atoms with Crippen molar-refractivity contribution in [2.45, 2.75) is 47.0 Å². The van der Waals surface area contributed by atoms with Gasteiger partial charge in [-0.1, -0.05) is 27.7 Å². The van der Waals surface area contributed by atoms with Crippen molar-refractivity contribution in [2.75, 3.05) is 20.1 Å². The first-order valence-corrected chi connectivity index (χ1v) is 6.59. The minimum absolute atomic E-state index is 0.560. The maximum atomic E-state index is 2.57. The fourth-order valence-corrected chi connectivity index (χ4v) is 4.80. The molecule has 0 bridgehead atoms. The van der Waals surface area contributed by atoms with Crippen LogP contribution >= 0.6 is 0 Å². The summed E-state index contributed by atoms with van der Waals surface area (Å²) in [5.74, 6) is 1.82. The van der Waals surface area contributed by atoms with Gasteiger partial charge in [-0.15, -0.1) is 0 Å². The average molecular weight is 209 g/mol. The molecule has 15 heavy (non-hydrogen) atoms. The Labute approximate surface area is 95.2 Å². The molecule has 0 aromatic rings. The Morgan fingerprint density at radius 1 is 1.13 bits per heavy atom. The van der Waals surface area contributed by atoms with E-state index in [9.17, 15) is 0 Å². The Hall–Kier alpha value is -0.0400. The van der Waals surface area contributed by atoms with Crippen LogP contribution in [0, 0.1) is 22.7 Å². The fraction of sp³-hybridized carbons (Fsp3) is 1.00. The third-order valence-electron chi connectivity index (χ3n) is 5.54. The van der Waals surface area contributed by atoms with Crippen LogP contribution in [0.4, 0.5) is 0 Å². The maximum absolute atomic E-state index is 2.57. The molecule has 1 aliphatic heterocycles. The lowest BCUT2D eigenvalue weighted by molar-refractivity contribution is -0.160. The van der Waals surface area contributed by atoms with Crippen LogP contribution in [0.25, 0.3) is 0 Å². The molecule has 0 N–H and O–H groups in total. The van der Waals surface area contributed by atoms with Crippen molar-refractivity contribution in [3.05, 3.63) is 0 Å². The first-order valence-electron chi connectivity index (χ1n) is 6.59. The molecule has 0 aromatic heterocycles. The van der Waals surface area contributed by atoms with Gasteiger partial charge in [0.15, 0.2) is 0 Å². The van der Waals surface area contributed by atoms with Gasteiger partial charge in [-0.25, -0.2) is 0 Å². The second kappa shape index (κ2) is 3.48. The molecule has 88 valence electrons. The summed E-state index contributed by atoms with van der Waals surface area (Å²) >= 11 is 0. The van der Waals surface area contributed by atoms with Crippen molar-refractivity contribution in [3.63, 3.8) is 0 Å². The van der Waals surface area contributed by atoms with Gasteiger partial charge in [0.1, 0.15) is 0 Å². The van der Waals surface area contributed by atoms with Gasteiger partial charge < -0.3 is 4.90 Å². The molecule has 1 heteroatoms. The Morgan fingerprint density at radius 3 is 2.33 bits per heavy atom. The topological polar surface area (TPSA) is 3.24 Å². The van der Waals surface area contributed by atoms with Gasteiger partial charge in [0.2, 0.25) is 0 Å². The summed E-state index contributed by atoms with van der Waals surface area (Å²) in [5, 5.41) is 0. The lowest BCUT2D eigenvalue weighted by atomic mass is 9.41. The smallest absolute Gasteiger partial charge is 0.00452 e. The fourth-order valence-electron chi connectivity index (χ4n) is 4.80. The monoisotopic (exact) mass is 209 g/mol. The second-order valence-electron chi connectivity index (χ2n) is 6.81. The van der Waals surface area contributed by atoms with E-state index in [1.807, 2.05) is 0 Å². The zero-order valence-corrected chi connectivity index (χ0v) is 11.1. The zero-order valence-electron chi connectivity index (χ0n) is 11.1. The Kier molecular flexibility index (Phi) is 2.65. The minimum Gasteiger partial charge on any atom is -0.306 e. The van der Waals surface area contributed by atoms with Crippen LogP contribution in [-0.2, 0) is 0 Å². The highest BCUT2D eigenvalue weighted by atomic mass is 15.1. The summed E-state index contributed by atoms with van der Waals surface area (Å²) < 4.78 is 0. The Balaban J connectivity index is 2.29. The van der Waals surface area contributed by atoms with Crippen molar-refractivity contribution in [3.8, 4) is 0 Å². The van der Waals surface area contributed by atoms with Crippen molar-refractivity contribution >= 4 is 0 Å². The van der Waals surface area contributed by atoms with E-state index in [1.54, 1.807) is 0 Å². The molecular weight excluding hydrogens is 182 g/mol. The van der Waals surface area contributed by atoms with Crippen molar-refractivity contribution in [1.29, 1.82) is 0 Å². The molecule has 2 rings (SSSR count). The molecule has 0 aromatic carbocycles. The Bertz CT molecular complexity index is 246. The van der Waals surface area contributed by atoms with E-state index < -0.39 is 0 Å². The summed E-state index contributed by atoms with van der Waals surface area (Å²) in [6.45, 7) is 12.6. The van der Waals surface area contributed by atoms with Gasteiger partial charge in [-0.2, -0.15) is 0 Å². The predicted molar refractivity (Wildman–Crippen MR) is 65.9 cm³/mol. The Morgan fingerprint density at radius 2 is 1.80 bits per heavy atom. The molecule has 3 atom stereocenters. The number of nitrogens with zero attached hydrogens (tertiary/aromatic N) is 1. The lowest BCUT2D eigenvalue weighted by Crippen LogP contribution is -2.61. The molecular formula is C14H27N. The van der Waals surface area contributed by atoms with Gasteiger partial charge in [0.05, 0.1) is 0 Å². The summed E-state index contributed by atoms with van der Waals surface area (Å²) in [5.41, 5.74) is 1.16. The maximum Gasteiger partial charge on any atom is 0.00452 e. The van der Waals surface area contributed by atoms with E-state index in [0.29, 0.717) is 10.8 Å². The SMILES string of the molecule is C[C@@H]1CCCN(C)CC12[C@@H](C)CC2(C)C. The molecule has 2 aliphatic rings. The third kappa shape index (κ3) is 1.46. The predicted octanol–water partition coefficient (Wildman–Crippen LogP) is 3.40. The highest BCUT2D eigenvalue weighted by Gasteiger charge is 2.60. The van der Waals surface area contributed by atoms with Crippen LogP contribution in [0.2, 0.25) is 0 Å². The molecule has 1 unspecified atom stereocenters. The summed E-state index contributed by atoms with van der Waals surface area (Å²) in [6.07, 6.45) is 4.24. The van der Waals surface area contributed by atoms with E-state index in [-0.39, 0.29) is 0 Å².